The van der Waals surface area contributed by atoms with Gasteiger partial charge in [-0.25, -0.2) is 9.97 Å². The minimum absolute atomic E-state index is 0.892. The second-order valence-electron chi connectivity index (χ2n) is 3.73. The first-order chi connectivity index (χ1) is 9.35. The molecular formula is C13H11N3S3. The van der Waals surface area contributed by atoms with Gasteiger partial charge in [-0.3, -0.25) is 0 Å². The Kier molecular flexibility index (Phi) is 3.82. The normalized spacial score (nSPS) is 10.6. The molecule has 0 saturated carbocycles. The molecule has 2 heterocycles. The van der Waals surface area contributed by atoms with Gasteiger partial charge in [0.15, 0.2) is 5.13 Å². The lowest BCUT2D eigenvalue weighted by Gasteiger charge is -2.03. The maximum absolute atomic E-state index is 4.55. The quantitative estimate of drug-likeness (QED) is 0.707. The van der Waals surface area contributed by atoms with Gasteiger partial charge >= 0.3 is 0 Å². The zero-order chi connectivity index (χ0) is 13.1. The van der Waals surface area contributed by atoms with Crippen LogP contribution in [0.3, 0.4) is 0 Å². The largest absolute Gasteiger partial charge is 0.331 e. The van der Waals surface area contributed by atoms with Crippen molar-refractivity contribution in [3.8, 4) is 10.7 Å². The Hall–Kier alpha value is -1.37. The van der Waals surface area contributed by atoms with E-state index in [-0.39, 0.29) is 0 Å². The van der Waals surface area contributed by atoms with E-state index >= 15 is 0 Å². The van der Waals surface area contributed by atoms with Crippen LogP contribution >= 0.6 is 34.4 Å². The fourth-order valence-corrected chi connectivity index (χ4v) is 3.45. The van der Waals surface area contributed by atoms with Crippen LogP contribution < -0.4 is 5.32 Å². The Bertz CT molecular complexity index is 661. The summed E-state index contributed by atoms with van der Waals surface area (Å²) in [5.41, 5.74) is 2.00. The molecule has 0 amide bonds. The van der Waals surface area contributed by atoms with Crippen molar-refractivity contribution in [3.05, 3.63) is 41.2 Å². The van der Waals surface area contributed by atoms with Gasteiger partial charge in [0, 0.05) is 27.5 Å². The second kappa shape index (κ2) is 5.73. The maximum Gasteiger partial charge on any atom is 0.187 e. The summed E-state index contributed by atoms with van der Waals surface area (Å²) in [6.07, 6.45) is 3.87. The van der Waals surface area contributed by atoms with Gasteiger partial charge in [0.25, 0.3) is 0 Å². The van der Waals surface area contributed by atoms with Crippen molar-refractivity contribution in [2.75, 3.05) is 11.6 Å². The molecule has 3 aromatic rings. The number of anilines is 2. The first-order valence-electron chi connectivity index (χ1n) is 5.61. The molecule has 0 aliphatic carbocycles. The minimum atomic E-state index is 0.892. The van der Waals surface area contributed by atoms with Crippen LogP contribution in [0.1, 0.15) is 0 Å². The van der Waals surface area contributed by atoms with Gasteiger partial charge in [0.1, 0.15) is 10.7 Å². The summed E-state index contributed by atoms with van der Waals surface area (Å²) in [6.45, 7) is 0. The van der Waals surface area contributed by atoms with Crippen LogP contribution in [0.4, 0.5) is 10.8 Å². The van der Waals surface area contributed by atoms with Crippen molar-refractivity contribution in [1.82, 2.24) is 9.97 Å². The summed E-state index contributed by atoms with van der Waals surface area (Å²) in [5.74, 6) is 0. The lowest BCUT2D eigenvalue weighted by molar-refractivity contribution is 1.33. The average molecular weight is 305 g/mol. The number of rotatable bonds is 4. The highest BCUT2D eigenvalue weighted by atomic mass is 32.2. The van der Waals surface area contributed by atoms with Gasteiger partial charge in [-0.05, 0) is 24.5 Å². The third kappa shape index (κ3) is 2.97. The van der Waals surface area contributed by atoms with E-state index in [9.17, 15) is 0 Å². The van der Waals surface area contributed by atoms with Gasteiger partial charge in [-0.1, -0.05) is 6.07 Å². The van der Waals surface area contributed by atoms with Gasteiger partial charge in [0.05, 0.1) is 0 Å². The molecule has 19 heavy (non-hydrogen) atoms. The first kappa shape index (κ1) is 12.7. The van der Waals surface area contributed by atoms with Gasteiger partial charge in [-0.2, -0.15) is 0 Å². The Balaban J connectivity index is 1.80. The Labute approximate surface area is 123 Å². The van der Waals surface area contributed by atoms with Crippen molar-refractivity contribution < 1.29 is 0 Å². The number of thioether (sulfide) groups is 1. The topological polar surface area (TPSA) is 37.8 Å². The molecule has 0 radical (unpaired) electrons. The molecule has 0 spiro atoms. The summed E-state index contributed by atoms with van der Waals surface area (Å²) in [6, 6.07) is 8.31. The molecule has 96 valence electrons. The minimum Gasteiger partial charge on any atom is -0.331 e. The Morgan fingerprint density at radius 2 is 2.21 bits per heavy atom. The van der Waals surface area contributed by atoms with E-state index in [4.69, 9.17) is 0 Å². The lowest BCUT2D eigenvalue weighted by Crippen LogP contribution is -1.89. The molecule has 0 aliphatic rings. The molecule has 0 unspecified atom stereocenters. The molecule has 6 heteroatoms. The second-order valence-corrected chi connectivity index (χ2v) is 6.36. The number of thiazole rings is 2. The zero-order valence-corrected chi connectivity index (χ0v) is 12.6. The number of hydrogen-bond donors (Lipinski definition) is 1. The summed E-state index contributed by atoms with van der Waals surface area (Å²) in [4.78, 5) is 10.1. The van der Waals surface area contributed by atoms with Crippen molar-refractivity contribution in [2.24, 2.45) is 0 Å². The molecule has 0 bridgehead atoms. The Morgan fingerprint density at radius 1 is 1.26 bits per heavy atom. The molecule has 2 aromatic heterocycles. The number of nitrogens with one attached hydrogen (secondary N) is 1. The molecular weight excluding hydrogens is 294 g/mol. The molecule has 0 atom stereocenters. The molecule has 0 fully saturated rings. The smallest absolute Gasteiger partial charge is 0.187 e. The summed E-state index contributed by atoms with van der Waals surface area (Å²) in [7, 11) is 0. The van der Waals surface area contributed by atoms with E-state index in [1.165, 1.54) is 4.90 Å². The number of aromatic nitrogens is 2. The summed E-state index contributed by atoms with van der Waals surface area (Å²) in [5, 5.41) is 9.17. The SMILES string of the molecule is CSc1cccc(Nc2nc(-c3nccs3)cs2)c1. The van der Waals surface area contributed by atoms with Crippen LogP contribution in [0.15, 0.2) is 46.1 Å². The van der Waals surface area contributed by atoms with Crippen LogP contribution in [0, 0.1) is 0 Å². The van der Waals surface area contributed by atoms with E-state index in [0.29, 0.717) is 0 Å². The van der Waals surface area contributed by atoms with Gasteiger partial charge in [0.2, 0.25) is 0 Å². The van der Waals surface area contributed by atoms with Gasteiger partial charge < -0.3 is 5.32 Å². The highest BCUT2D eigenvalue weighted by Gasteiger charge is 2.06. The molecule has 0 saturated heterocycles. The number of hydrogen-bond acceptors (Lipinski definition) is 6. The molecule has 3 nitrogen and oxygen atoms in total. The van der Waals surface area contributed by atoms with Crippen molar-refractivity contribution in [3.63, 3.8) is 0 Å². The van der Waals surface area contributed by atoms with Crippen LogP contribution in [-0.4, -0.2) is 16.2 Å². The average Bonchev–Trinajstić information content (AvgIpc) is 3.09. The van der Waals surface area contributed by atoms with Gasteiger partial charge in [-0.15, -0.1) is 34.4 Å². The molecule has 1 N–H and O–H groups in total. The van der Waals surface area contributed by atoms with Crippen LogP contribution in [0.5, 0.6) is 0 Å². The zero-order valence-electron chi connectivity index (χ0n) is 10.2. The first-order valence-corrected chi connectivity index (χ1v) is 8.60. The number of benzene rings is 1. The summed E-state index contributed by atoms with van der Waals surface area (Å²) >= 11 is 4.93. The van der Waals surface area contributed by atoms with E-state index in [2.05, 4.69) is 33.7 Å². The van der Waals surface area contributed by atoms with E-state index in [0.717, 1.165) is 21.5 Å². The molecule has 1 aromatic carbocycles. The lowest BCUT2D eigenvalue weighted by atomic mass is 10.3. The highest BCUT2D eigenvalue weighted by Crippen LogP contribution is 2.29. The number of nitrogens with zero attached hydrogens (tertiary/aromatic N) is 2. The fourth-order valence-electron chi connectivity index (χ4n) is 1.60. The molecule has 3 rings (SSSR count). The van der Waals surface area contributed by atoms with Crippen molar-refractivity contribution >= 4 is 45.3 Å². The van der Waals surface area contributed by atoms with Crippen LogP contribution in [-0.2, 0) is 0 Å². The predicted molar refractivity (Wildman–Crippen MR) is 84.7 cm³/mol. The fraction of sp³-hybridized carbons (Fsp3) is 0.0769. The van der Waals surface area contributed by atoms with Crippen LogP contribution in [0.2, 0.25) is 0 Å². The monoisotopic (exact) mass is 305 g/mol. The van der Waals surface area contributed by atoms with E-state index in [1.54, 1.807) is 40.6 Å². The van der Waals surface area contributed by atoms with Crippen molar-refractivity contribution in [1.29, 1.82) is 0 Å². The standard InChI is InChI=1S/C13H11N3S3/c1-17-10-4-2-3-9(7-10)15-13-16-11(8-19-13)12-14-5-6-18-12/h2-8H,1H3,(H,15,16). The predicted octanol–water partition coefficient (Wildman–Crippen LogP) is 4.73. The van der Waals surface area contributed by atoms with Crippen molar-refractivity contribution in [2.45, 2.75) is 4.90 Å². The highest BCUT2D eigenvalue weighted by molar-refractivity contribution is 7.98. The third-order valence-corrected chi connectivity index (χ3v) is 4.76. The summed E-state index contributed by atoms with van der Waals surface area (Å²) < 4.78 is 0. The van der Waals surface area contributed by atoms with E-state index in [1.807, 2.05) is 22.9 Å². The third-order valence-electron chi connectivity index (χ3n) is 2.48. The van der Waals surface area contributed by atoms with E-state index < -0.39 is 0 Å². The molecule has 0 aliphatic heterocycles. The Morgan fingerprint density at radius 3 is 3.00 bits per heavy atom. The maximum atomic E-state index is 4.55. The van der Waals surface area contributed by atoms with Crippen LogP contribution in [0.25, 0.3) is 10.7 Å².